The van der Waals surface area contributed by atoms with Gasteiger partial charge in [-0.2, -0.15) is 5.10 Å². The fourth-order valence-electron chi connectivity index (χ4n) is 1.94. The molecule has 0 bridgehead atoms. The van der Waals surface area contributed by atoms with E-state index in [0.717, 1.165) is 31.6 Å². The first-order valence-electron chi connectivity index (χ1n) is 5.63. The smallest absolute Gasteiger partial charge is 0.304 e. The summed E-state index contributed by atoms with van der Waals surface area (Å²) in [5.41, 5.74) is 0.0113. The summed E-state index contributed by atoms with van der Waals surface area (Å²) in [6.45, 7) is 2.61. The third-order valence-electron chi connectivity index (χ3n) is 2.76. The Bertz CT molecular complexity index is 452. The van der Waals surface area contributed by atoms with Gasteiger partial charge in [0.2, 0.25) is 0 Å². The van der Waals surface area contributed by atoms with E-state index in [-0.39, 0.29) is 5.69 Å². The third-order valence-corrected chi connectivity index (χ3v) is 2.76. The van der Waals surface area contributed by atoms with Crippen LogP contribution in [0.1, 0.15) is 18.7 Å². The Kier molecular flexibility index (Phi) is 3.42. The van der Waals surface area contributed by atoms with Crippen LogP contribution >= 0.6 is 0 Å². The van der Waals surface area contributed by atoms with E-state index in [1.807, 2.05) is 0 Å². The Morgan fingerprint density at radius 2 is 2.38 bits per heavy atom. The van der Waals surface area contributed by atoms with Gasteiger partial charge >= 0.3 is 5.69 Å². The zero-order valence-electron chi connectivity index (χ0n) is 9.28. The van der Waals surface area contributed by atoms with Gasteiger partial charge in [0, 0.05) is 19.5 Å². The van der Waals surface area contributed by atoms with E-state index in [1.54, 1.807) is 4.57 Å². The second kappa shape index (κ2) is 4.99. The molecule has 0 atom stereocenters. The molecule has 0 aromatic carbocycles. The molecule has 0 fully saturated rings. The van der Waals surface area contributed by atoms with Crippen molar-refractivity contribution in [2.75, 3.05) is 13.1 Å². The highest BCUT2D eigenvalue weighted by Gasteiger charge is 2.15. The van der Waals surface area contributed by atoms with Crippen LogP contribution in [0.3, 0.4) is 0 Å². The molecule has 5 nitrogen and oxygen atoms in total. The normalized spacial score (nSPS) is 14.4. The number of terminal acetylenes is 1. The van der Waals surface area contributed by atoms with Crippen molar-refractivity contribution in [1.29, 1.82) is 0 Å². The van der Waals surface area contributed by atoms with Crippen LogP contribution in [0, 0.1) is 12.3 Å². The molecule has 0 amide bonds. The molecular weight excluding hydrogens is 204 g/mol. The fourth-order valence-corrected chi connectivity index (χ4v) is 1.94. The van der Waals surface area contributed by atoms with Crippen molar-refractivity contribution in [2.24, 2.45) is 0 Å². The summed E-state index contributed by atoms with van der Waals surface area (Å²) in [7, 11) is 0. The highest BCUT2D eigenvalue weighted by atomic mass is 16.2. The first kappa shape index (κ1) is 11.0. The van der Waals surface area contributed by atoms with Crippen LogP contribution in [0.2, 0.25) is 0 Å². The van der Waals surface area contributed by atoms with Crippen LogP contribution in [-0.4, -0.2) is 27.4 Å². The Morgan fingerprint density at radius 1 is 1.50 bits per heavy atom. The highest BCUT2D eigenvalue weighted by Crippen LogP contribution is 2.08. The van der Waals surface area contributed by atoms with Crippen molar-refractivity contribution in [3.05, 3.63) is 16.3 Å². The van der Waals surface area contributed by atoms with Gasteiger partial charge in [-0.1, -0.05) is 5.92 Å². The SMILES string of the molecule is C#CCNCCn1nc2n(c1=O)CCCC2. The van der Waals surface area contributed by atoms with E-state index in [2.05, 4.69) is 16.3 Å². The molecule has 0 saturated heterocycles. The molecule has 0 spiro atoms. The minimum atomic E-state index is 0.0113. The predicted octanol–water partition coefficient (Wildman–Crippen LogP) is -0.396. The first-order valence-corrected chi connectivity index (χ1v) is 5.63. The maximum absolute atomic E-state index is 11.9. The molecule has 86 valence electrons. The zero-order valence-corrected chi connectivity index (χ0v) is 9.28. The Balaban J connectivity index is 2.02. The van der Waals surface area contributed by atoms with Crippen molar-refractivity contribution >= 4 is 0 Å². The zero-order chi connectivity index (χ0) is 11.4. The Labute approximate surface area is 94.5 Å². The van der Waals surface area contributed by atoms with E-state index in [0.29, 0.717) is 19.6 Å². The van der Waals surface area contributed by atoms with E-state index in [9.17, 15) is 4.79 Å². The van der Waals surface area contributed by atoms with E-state index < -0.39 is 0 Å². The van der Waals surface area contributed by atoms with Gasteiger partial charge in [-0.3, -0.25) is 4.57 Å². The second-order valence-electron chi connectivity index (χ2n) is 3.91. The Morgan fingerprint density at radius 3 is 3.12 bits per heavy atom. The molecule has 1 aromatic heterocycles. The van der Waals surface area contributed by atoms with Crippen molar-refractivity contribution in [3.63, 3.8) is 0 Å². The van der Waals surface area contributed by atoms with Gasteiger partial charge in [0.05, 0.1) is 13.1 Å². The van der Waals surface area contributed by atoms with Crippen LogP contribution < -0.4 is 11.0 Å². The topological polar surface area (TPSA) is 51.9 Å². The minimum absolute atomic E-state index is 0.0113. The molecule has 0 aliphatic carbocycles. The lowest BCUT2D eigenvalue weighted by Gasteiger charge is -2.09. The molecule has 5 heteroatoms. The molecule has 2 heterocycles. The summed E-state index contributed by atoms with van der Waals surface area (Å²) >= 11 is 0. The van der Waals surface area contributed by atoms with Crippen LogP contribution in [0.25, 0.3) is 0 Å². The average Bonchev–Trinajstić information content (AvgIpc) is 2.63. The number of aromatic nitrogens is 3. The van der Waals surface area contributed by atoms with Gasteiger partial charge in [-0.15, -0.1) is 6.42 Å². The lowest BCUT2D eigenvalue weighted by molar-refractivity contribution is 0.509. The van der Waals surface area contributed by atoms with Gasteiger partial charge in [-0.25, -0.2) is 9.48 Å². The molecule has 1 aromatic rings. The van der Waals surface area contributed by atoms with Crippen LogP contribution in [0.15, 0.2) is 4.79 Å². The van der Waals surface area contributed by atoms with Crippen molar-refractivity contribution in [3.8, 4) is 12.3 Å². The van der Waals surface area contributed by atoms with E-state index >= 15 is 0 Å². The number of hydrogen-bond donors (Lipinski definition) is 1. The second-order valence-corrected chi connectivity index (χ2v) is 3.91. The summed E-state index contributed by atoms with van der Waals surface area (Å²) in [6.07, 6.45) is 8.24. The maximum Gasteiger partial charge on any atom is 0.345 e. The van der Waals surface area contributed by atoms with Crippen LogP contribution in [0.4, 0.5) is 0 Å². The van der Waals surface area contributed by atoms with Gasteiger partial charge in [-0.05, 0) is 12.8 Å². The van der Waals surface area contributed by atoms with E-state index in [4.69, 9.17) is 6.42 Å². The molecule has 0 unspecified atom stereocenters. The van der Waals surface area contributed by atoms with Gasteiger partial charge in [0.25, 0.3) is 0 Å². The lowest BCUT2D eigenvalue weighted by atomic mass is 10.2. The van der Waals surface area contributed by atoms with Gasteiger partial charge in [0.15, 0.2) is 0 Å². The largest absolute Gasteiger partial charge is 0.345 e. The number of aryl methyl sites for hydroxylation is 1. The average molecular weight is 220 g/mol. The number of fused-ring (bicyclic) bond motifs is 1. The summed E-state index contributed by atoms with van der Waals surface area (Å²) in [5.74, 6) is 3.42. The number of nitrogens with one attached hydrogen (secondary N) is 1. The summed E-state index contributed by atoms with van der Waals surface area (Å²) in [5, 5.41) is 7.37. The van der Waals surface area contributed by atoms with Crippen molar-refractivity contribution in [2.45, 2.75) is 32.4 Å². The standard InChI is InChI=1S/C11H16N4O/c1-2-6-12-7-9-15-11(16)14-8-4-3-5-10(14)13-15/h1,12H,3-9H2. The van der Waals surface area contributed by atoms with Crippen LogP contribution in [-0.2, 0) is 19.5 Å². The Hall–Kier alpha value is -1.54. The highest BCUT2D eigenvalue weighted by molar-refractivity contribution is 4.91. The fraction of sp³-hybridized carbons (Fsp3) is 0.636. The molecular formula is C11H16N4O. The number of rotatable bonds is 4. The summed E-state index contributed by atoms with van der Waals surface area (Å²) < 4.78 is 3.31. The predicted molar refractivity (Wildman–Crippen MR) is 61.1 cm³/mol. The van der Waals surface area contributed by atoms with Crippen LogP contribution in [0.5, 0.6) is 0 Å². The summed E-state index contributed by atoms with van der Waals surface area (Å²) in [4.78, 5) is 11.9. The molecule has 1 aliphatic heterocycles. The molecule has 0 saturated carbocycles. The molecule has 2 rings (SSSR count). The maximum atomic E-state index is 11.9. The van der Waals surface area contributed by atoms with Crippen molar-refractivity contribution in [1.82, 2.24) is 19.7 Å². The summed E-state index contributed by atoms with van der Waals surface area (Å²) in [6, 6.07) is 0. The van der Waals surface area contributed by atoms with Gasteiger partial charge in [0.1, 0.15) is 5.82 Å². The first-order chi connectivity index (χ1) is 7.83. The van der Waals surface area contributed by atoms with E-state index in [1.165, 1.54) is 4.68 Å². The number of nitrogens with zero attached hydrogens (tertiary/aromatic N) is 3. The molecule has 0 radical (unpaired) electrons. The number of hydrogen-bond acceptors (Lipinski definition) is 3. The third kappa shape index (κ3) is 2.17. The monoisotopic (exact) mass is 220 g/mol. The molecule has 1 aliphatic rings. The lowest BCUT2D eigenvalue weighted by Crippen LogP contribution is -2.30. The van der Waals surface area contributed by atoms with Gasteiger partial charge < -0.3 is 5.32 Å². The molecule has 16 heavy (non-hydrogen) atoms. The molecule has 1 N–H and O–H groups in total. The van der Waals surface area contributed by atoms with Crippen molar-refractivity contribution < 1.29 is 0 Å². The quantitative estimate of drug-likeness (QED) is 0.555. The minimum Gasteiger partial charge on any atom is -0.304 e.